The highest BCUT2D eigenvalue weighted by atomic mass is 32.1. The summed E-state index contributed by atoms with van der Waals surface area (Å²) >= 11 is 5.71. The summed E-state index contributed by atoms with van der Waals surface area (Å²) < 4.78 is 0. The molecule has 2 atom stereocenters. The summed E-state index contributed by atoms with van der Waals surface area (Å²) in [5.41, 5.74) is 0. The molecule has 1 amide bonds. The van der Waals surface area contributed by atoms with E-state index in [2.05, 4.69) is 22.8 Å². The van der Waals surface area contributed by atoms with Crippen LogP contribution in [0.1, 0.15) is 35.4 Å². The average Bonchev–Trinajstić information content (AvgIpc) is 2.96. The van der Waals surface area contributed by atoms with Gasteiger partial charge in [0.1, 0.15) is 0 Å². The Morgan fingerprint density at radius 1 is 1.44 bits per heavy atom. The van der Waals surface area contributed by atoms with Gasteiger partial charge in [-0.25, -0.2) is 0 Å². The Kier molecular flexibility index (Phi) is 3.63. The molecule has 1 N–H and O–H groups in total. The number of carbonyl (C=O) groups is 1. The zero-order chi connectivity index (χ0) is 12.5. The van der Waals surface area contributed by atoms with Crippen molar-refractivity contribution in [3.05, 3.63) is 16.3 Å². The summed E-state index contributed by atoms with van der Waals surface area (Å²) in [7, 11) is 0. The van der Waals surface area contributed by atoms with E-state index in [0.29, 0.717) is 12.1 Å². The van der Waals surface area contributed by atoms with Crippen LogP contribution in [-0.2, 0) is 0 Å². The summed E-state index contributed by atoms with van der Waals surface area (Å²) in [6.45, 7) is 2.39. The van der Waals surface area contributed by atoms with E-state index >= 15 is 0 Å². The molecule has 0 saturated carbocycles. The maximum Gasteiger partial charge on any atom is 0.261 e. The molecule has 2 saturated heterocycles. The number of nitrogens with one attached hydrogen (secondary N) is 1. The van der Waals surface area contributed by atoms with E-state index in [0.717, 1.165) is 29.2 Å². The van der Waals surface area contributed by atoms with Gasteiger partial charge < -0.3 is 10.2 Å². The first-order valence-corrected chi connectivity index (χ1v) is 7.87. The molecule has 98 valence electrons. The molecule has 5 heteroatoms. The second kappa shape index (κ2) is 5.23. The van der Waals surface area contributed by atoms with Gasteiger partial charge in [0.15, 0.2) is 0 Å². The van der Waals surface area contributed by atoms with E-state index in [1.807, 2.05) is 11.4 Å². The molecular formula is C13H18N2OS2. The minimum absolute atomic E-state index is 0.0664. The Morgan fingerprint density at radius 3 is 3.11 bits per heavy atom. The molecule has 2 aliphatic rings. The predicted molar refractivity (Wildman–Crippen MR) is 76.7 cm³/mol. The van der Waals surface area contributed by atoms with Crippen molar-refractivity contribution in [1.29, 1.82) is 0 Å². The quantitative estimate of drug-likeness (QED) is 0.816. The van der Waals surface area contributed by atoms with Crippen LogP contribution in [0.4, 0.5) is 0 Å². The number of thiophene rings is 1. The predicted octanol–water partition coefficient (Wildman–Crippen LogP) is 2.39. The van der Waals surface area contributed by atoms with Gasteiger partial charge >= 0.3 is 0 Å². The van der Waals surface area contributed by atoms with Crippen LogP contribution >= 0.6 is 24.0 Å². The second-order valence-corrected chi connectivity index (χ2v) is 6.62. The number of piperidine rings is 1. The molecular weight excluding hydrogens is 264 g/mol. The lowest BCUT2D eigenvalue weighted by Gasteiger charge is -2.35. The summed E-state index contributed by atoms with van der Waals surface area (Å²) in [5, 5.41) is 5.07. The van der Waals surface area contributed by atoms with Gasteiger partial charge in [-0.2, -0.15) is 0 Å². The molecule has 0 radical (unpaired) electrons. The molecule has 3 rings (SSSR count). The average molecular weight is 282 g/mol. The van der Waals surface area contributed by atoms with Crippen molar-refractivity contribution in [2.45, 2.75) is 42.7 Å². The number of thiol groups is 1. The zero-order valence-electron chi connectivity index (χ0n) is 10.3. The van der Waals surface area contributed by atoms with Gasteiger partial charge in [0, 0.05) is 28.9 Å². The molecule has 1 aromatic heterocycles. The van der Waals surface area contributed by atoms with Crippen LogP contribution in [0.25, 0.3) is 0 Å². The van der Waals surface area contributed by atoms with Crippen molar-refractivity contribution >= 4 is 29.9 Å². The summed E-state index contributed by atoms with van der Waals surface area (Å²) in [4.78, 5) is 16.3. The first kappa shape index (κ1) is 12.5. The lowest BCUT2D eigenvalue weighted by Crippen LogP contribution is -2.47. The van der Waals surface area contributed by atoms with Gasteiger partial charge in [0.05, 0.1) is 4.88 Å². The molecule has 0 aliphatic carbocycles. The van der Waals surface area contributed by atoms with Crippen molar-refractivity contribution in [1.82, 2.24) is 10.2 Å². The topological polar surface area (TPSA) is 32.3 Å². The van der Waals surface area contributed by atoms with Crippen LogP contribution in [0.2, 0.25) is 0 Å². The van der Waals surface area contributed by atoms with Crippen LogP contribution in [0, 0.1) is 0 Å². The van der Waals surface area contributed by atoms with Crippen LogP contribution in [0.5, 0.6) is 0 Å². The summed E-state index contributed by atoms with van der Waals surface area (Å²) in [6, 6.07) is 2.89. The number of rotatable bonds is 2. The van der Waals surface area contributed by atoms with Gasteiger partial charge in [-0.1, -0.05) is 0 Å². The first-order chi connectivity index (χ1) is 8.72. The third-order valence-electron chi connectivity index (χ3n) is 3.97. The zero-order valence-corrected chi connectivity index (χ0v) is 12.0. The highest BCUT2D eigenvalue weighted by molar-refractivity contribution is 7.80. The Morgan fingerprint density at radius 2 is 2.33 bits per heavy atom. The van der Waals surface area contributed by atoms with Gasteiger partial charge in [0.2, 0.25) is 0 Å². The van der Waals surface area contributed by atoms with Crippen molar-refractivity contribution in [3.8, 4) is 0 Å². The number of hydrogen-bond acceptors (Lipinski definition) is 4. The van der Waals surface area contributed by atoms with Crippen LogP contribution in [-0.4, -0.2) is 36.0 Å². The van der Waals surface area contributed by atoms with E-state index in [-0.39, 0.29) is 5.91 Å². The third-order valence-corrected chi connectivity index (χ3v) is 5.33. The van der Waals surface area contributed by atoms with Crippen molar-refractivity contribution in [2.24, 2.45) is 0 Å². The molecule has 0 bridgehead atoms. The largest absolute Gasteiger partial charge is 0.349 e. The Bertz CT molecular complexity index is 446. The van der Waals surface area contributed by atoms with Crippen molar-refractivity contribution in [3.63, 3.8) is 0 Å². The number of hydrogen-bond donors (Lipinski definition) is 2. The van der Waals surface area contributed by atoms with Crippen LogP contribution < -0.4 is 5.32 Å². The smallest absolute Gasteiger partial charge is 0.261 e. The third kappa shape index (κ3) is 2.58. The highest BCUT2D eigenvalue weighted by Crippen LogP contribution is 2.27. The minimum atomic E-state index is 0.0664. The summed E-state index contributed by atoms with van der Waals surface area (Å²) in [6.07, 6.45) is 4.82. The fraction of sp³-hybridized carbons (Fsp3) is 0.615. The van der Waals surface area contributed by atoms with E-state index in [1.54, 1.807) is 0 Å². The van der Waals surface area contributed by atoms with E-state index in [9.17, 15) is 4.79 Å². The Labute approximate surface area is 117 Å². The molecule has 18 heavy (non-hydrogen) atoms. The van der Waals surface area contributed by atoms with Gasteiger partial charge in [-0.05, 0) is 38.3 Å². The molecule has 2 unspecified atom stereocenters. The number of amides is 1. The number of fused-ring (bicyclic) bond motifs is 1. The SMILES string of the molecule is O=C(NC1CCN2CCCC2C1)c1cc(S)cs1. The normalized spacial score (nSPS) is 28.1. The molecule has 1 aromatic rings. The van der Waals surface area contributed by atoms with E-state index in [1.165, 1.54) is 30.7 Å². The number of carbonyl (C=O) groups excluding carboxylic acids is 1. The van der Waals surface area contributed by atoms with E-state index < -0.39 is 0 Å². The second-order valence-electron chi connectivity index (χ2n) is 5.20. The van der Waals surface area contributed by atoms with Crippen LogP contribution in [0.3, 0.4) is 0 Å². The Hall–Kier alpha value is -0.520. The molecule has 2 fully saturated rings. The van der Waals surface area contributed by atoms with Gasteiger partial charge in [0.25, 0.3) is 5.91 Å². The summed E-state index contributed by atoms with van der Waals surface area (Å²) in [5.74, 6) is 0.0664. The molecule has 3 nitrogen and oxygen atoms in total. The lowest BCUT2D eigenvalue weighted by atomic mass is 9.97. The maximum atomic E-state index is 12.1. The maximum absolute atomic E-state index is 12.1. The molecule has 2 aliphatic heterocycles. The van der Waals surface area contributed by atoms with E-state index in [4.69, 9.17) is 0 Å². The Balaban J connectivity index is 1.58. The van der Waals surface area contributed by atoms with Gasteiger partial charge in [-0.3, -0.25) is 4.79 Å². The molecule has 0 aromatic carbocycles. The molecule has 0 spiro atoms. The monoisotopic (exact) mass is 282 g/mol. The first-order valence-electron chi connectivity index (χ1n) is 6.55. The highest BCUT2D eigenvalue weighted by Gasteiger charge is 2.32. The van der Waals surface area contributed by atoms with Crippen LogP contribution in [0.15, 0.2) is 16.3 Å². The fourth-order valence-corrected chi connectivity index (χ4v) is 4.11. The van der Waals surface area contributed by atoms with Gasteiger partial charge in [-0.15, -0.1) is 24.0 Å². The van der Waals surface area contributed by atoms with Crippen molar-refractivity contribution in [2.75, 3.05) is 13.1 Å². The number of nitrogens with zero attached hydrogens (tertiary/aromatic N) is 1. The lowest BCUT2D eigenvalue weighted by molar-refractivity contribution is 0.0900. The van der Waals surface area contributed by atoms with Crippen molar-refractivity contribution < 1.29 is 4.79 Å². The molecule has 3 heterocycles. The standard InChI is InChI=1S/C13H18N2OS2/c16-13(12-7-11(17)8-18-12)14-9-3-5-15-4-1-2-10(15)6-9/h7-10,17H,1-6H2,(H,14,16). The fourth-order valence-electron chi connectivity index (χ4n) is 3.06. The minimum Gasteiger partial charge on any atom is -0.349 e.